The number of dihydropyridines is 1. The van der Waals surface area contributed by atoms with E-state index in [-0.39, 0.29) is 17.9 Å². The quantitative estimate of drug-likeness (QED) is 0.781. The Morgan fingerprint density at radius 3 is 2.26 bits per heavy atom. The van der Waals surface area contributed by atoms with Crippen molar-refractivity contribution in [2.75, 3.05) is 6.79 Å². The topological polar surface area (TPSA) is 105 Å². The highest BCUT2D eigenvalue weighted by molar-refractivity contribution is 5.98. The number of allylic oxidation sites excluding steroid dienone is 2. The number of aliphatic carboxylic acids is 2. The number of nitrogens with one attached hydrogen (secondary N) is 1. The molecular weight excluding hydrogens is 302 g/mol. The number of hydrogen-bond acceptors (Lipinski definition) is 5. The first kappa shape index (κ1) is 15.0. The molecule has 2 aliphatic heterocycles. The third kappa shape index (κ3) is 2.30. The fourth-order valence-electron chi connectivity index (χ4n) is 3.05. The van der Waals surface area contributed by atoms with Gasteiger partial charge in [-0.1, -0.05) is 12.1 Å². The lowest BCUT2D eigenvalue weighted by molar-refractivity contribution is -0.133. The number of fused-ring (bicyclic) bond motifs is 1. The first-order chi connectivity index (χ1) is 10.9. The van der Waals surface area contributed by atoms with E-state index in [1.54, 1.807) is 32.0 Å². The van der Waals surface area contributed by atoms with Gasteiger partial charge in [-0.15, -0.1) is 0 Å². The lowest BCUT2D eigenvalue weighted by Gasteiger charge is -2.29. The van der Waals surface area contributed by atoms with Crippen molar-refractivity contribution in [2.24, 2.45) is 0 Å². The van der Waals surface area contributed by atoms with E-state index in [4.69, 9.17) is 9.47 Å². The normalized spacial score (nSPS) is 17.3. The van der Waals surface area contributed by atoms with Gasteiger partial charge in [0.15, 0.2) is 11.5 Å². The molecule has 23 heavy (non-hydrogen) atoms. The van der Waals surface area contributed by atoms with Crippen LogP contribution in [0.4, 0.5) is 0 Å². The second-order valence-corrected chi connectivity index (χ2v) is 5.33. The summed E-state index contributed by atoms with van der Waals surface area (Å²) in [4.78, 5) is 23.5. The van der Waals surface area contributed by atoms with Crippen LogP contribution in [-0.4, -0.2) is 28.9 Å². The Bertz CT molecular complexity index is 741. The van der Waals surface area contributed by atoms with Gasteiger partial charge in [0.05, 0.1) is 17.1 Å². The summed E-state index contributed by atoms with van der Waals surface area (Å²) in [5.41, 5.74) is 1.24. The second kappa shape index (κ2) is 5.35. The van der Waals surface area contributed by atoms with Crippen molar-refractivity contribution in [1.29, 1.82) is 0 Å². The second-order valence-electron chi connectivity index (χ2n) is 5.33. The van der Waals surface area contributed by atoms with Gasteiger partial charge in [-0.05, 0) is 19.9 Å². The molecular formula is C16H15NO6. The Morgan fingerprint density at radius 1 is 1.09 bits per heavy atom. The Hall–Kier alpha value is -2.96. The summed E-state index contributed by atoms with van der Waals surface area (Å²) in [5.74, 6) is -2.43. The molecule has 0 bridgehead atoms. The molecule has 0 radical (unpaired) electrons. The van der Waals surface area contributed by atoms with Crippen molar-refractivity contribution in [1.82, 2.24) is 5.32 Å². The number of carboxylic acids is 2. The minimum absolute atomic E-state index is 0.0168. The van der Waals surface area contributed by atoms with Crippen molar-refractivity contribution < 1.29 is 29.3 Å². The van der Waals surface area contributed by atoms with Crippen LogP contribution < -0.4 is 14.8 Å². The largest absolute Gasteiger partial charge is 0.478 e. The van der Waals surface area contributed by atoms with E-state index in [1.165, 1.54) is 0 Å². The summed E-state index contributed by atoms with van der Waals surface area (Å²) in [6, 6.07) is 5.05. The monoisotopic (exact) mass is 317 g/mol. The molecule has 0 saturated carbocycles. The SMILES string of the molecule is CC1=C(C(=O)O)C(c2cccc3c2OCO3)C(C(=O)O)=C(C)N1. The average Bonchev–Trinajstić information content (AvgIpc) is 2.93. The summed E-state index contributed by atoms with van der Waals surface area (Å²) in [7, 11) is 0. The van der Waals surface area contributed by atoms with Gasteiger partial charge in [-0.2, -0.15) is 0 Å². The number of rotatable bonds is 3. The fourth-order valence-corrected chi connectivity index (χ4v) is 3.05. The third-order valence-corrected chi connectivity index (χ3v) is 3.96. The molecule has 7 heteroatoms. The van der Waals surface area contributed by atoms with Crippen LogP contribution in [0.25, 0.3) is 0 Å². The molecule has 0 amide bonds. The van der Waals surface area contributed by atoms with Crippen molar-refractivity contribution in [3.05, 3.63) is 46.3 Å². The van der Waals surface area contributed by atoms with Gasteiger partial charge in [0.2, 0.25) is 6.79 Å². The van der Waals surface area contributed by atoms with Gasteiger partial charge in [0.25, 0.3) is 0 Å². The van der Waals surface area contributed by atoms with Gasteiger partial charge in [-0.25, -0.2) is 9.59 Å². The van der Waals surface area contributed by atoms with E-state index in [0.29, 0.717) is 28.5 Å². The van der Waals surface area contributed by atoms with E-state index in [0.717, 1.165) is 0 Å². The molecule has 0 fully saturated rings. The van der Waals surface area contributed by atoms with E-state index < -0.39 is 17.9 Å². The molecule has 3 rings (SSSR count). The van der Waals surface area contributed by atoms with E-state index in [2.05, 4.69) is 5.32 Å². The minimum Gasteiger partial charge on any atom is -0.478 e. The lowest BCUT2D eigenvalue weighted by Crippen LogP contribution is -2.31. The molecule has 0 atom stereocenters. The van der Waals surface area contributed by atoms with Crippen LogP contribution in [0.15, 0.2) is 40.7 Å². The Balaban J connectivity index is 2.26. The molecule has 0 aliphatic carbocycles. The highest BCUT2D eigenvalue weighted by Crippen LogP contribution is 2.46. The zero-order valence-corrected chi connectivity index (χ0v) is 12.5. The zero-order chi connectivity index (χ0) is 16.7. The molecule has 1 aromatic carbocycles. The number of ether oxygens (including phenoxy) is 2. The van der Waals surface area contributed by atoms with Gasteiger partial charge in [0.1, 0.15) is 0 Å². The Morgan fingerprint density at radius 2 is 1.70 bits per heavy atom. The van der Waals surface area contributed by atoms with E-state index in [1.807, 2.05) is 0 Å². The molecule has 120 valence electrons. The fraction of sp³-hybridized carbons (Fsp3) is 0.250. The number of benzene rings is 1. The number of carbonyl (C=O) groups is 2. The molecule has 2 aliphatic rings. The molecule has 0 unspecified atom stereocenters. The molecule has 0 aromatic heterocycles. The van der Waals surface area contributed by atoms with E-state index >= 15 is 0 Å². The van der Waals surface area contributed by atoms with Gasteiger partial charge in [0, 0.05) is 17.0 Å². The summed E-state index contributed by atoms with van der Waals surface area (Å²) in [5, 5.41) is 22.0. The van der Waals surface area contributed by atoms with Crippen LogP contribution in [0.5, 0.6) is 11.5 Å². The molecule has 3 N–H and O–H groups in total. The summed E-state index contributed by atoms with van der Waals surface area (Å²) in [6.45, 7) is 3.24. The van der Waals surface area contributed by atoms with Crippen LogP contribution >= 0.6 is 0 Å². The minimum atomic E-state index is -1.18. The zero-order valence-electron chi connectivity index (χ0n) is 12.5. The van der Waals surface area contributed by atoms with Gasteiger partial charge < -0.3 is 25.0 Å². The first-order valence-electron chi connectivity index (χ1n) is 6.95. The van der Waals surface area contributed by atoms with Gasteiger partial charge >= 0.3 is 11.9 Å². The maximum atomic E-state index is 11.7. The molecule has 2 heterocycles. The maximum absolute atomic E-state index is 11.7. The third-order valence-electron chi connectivity index (χ3n) is 3.96. The standard InChI is InChI=1S/C16H15NO6/c1-7-11(15(18)19)13(12(16(20)21)8(2)17-7)9-4-3-5-10-14(9)23-6-22-10/h3-5,13,17H,6H2,1-2H3,(H,18,19)(H,20,21). The number of carboxylic acid groups (broad SMARTS) is 2. The molecule has 0 spiro atoms. The predicted octanol–water partition coefficient (Wildman–Crippen LogP) is 1.82. The van der Waals surface area contributed by atoms with Crippen LogP contribution in [0.3, 0.4) is 0 Å². The number of hydrogen-bond donors (Lipinski definition) is 3. The Kier molecular flexibility index (Phi) is 3.48. The molecule has 0 saturated heterocycles. The number of para-hydroxylation sites is 1. The summed E-state index contributed by atoms with van der Waals surface area (Å²) < 4.78 is 10.7. The highest BCUT2D eigenvalue weighted by atomic mass is 16.7. The van der Waals surface area contributed by atoms with Crippen LogP contribution in [0.2, 0.25) is 0 Å². The van der Waals surface area contributed by atoms with Crippen molar-refractivity contribution in [3.63, 3.8) is 0 Å². The smallest absolute Gasteiger partial charge is 0.334 e. The highest BCUT2D eigenvalue weighted by Gasteiger charge is 2.39. The molecule has 1 aromatic rings. The van der Waals surface area contributed by atoms with Crippen molar-refractivity contribution >= 4 is 11.9 Å². The molecule has 7 nitrogen and oxygen atoms in total. The summed E-state index contributed by atoms with van der Waals surface area (Å²) >= 11 is 0. The van der Waals surface area contributed by atoms with Crippen molar-refractivity contribution in [3.8, 4) is 11.5 Å². The van der Waals surface area contributed by atoms with Crippen LogP contribution in [0, 0.1) is 0 Å². The maximum Gasteiger partial charge on any atom is 0.334 e. The summed E-state index contributed by atoms with van der Waals surface area (Å²) in [6.07, 6.45) is 0. The average molecular weight is 317 g/mol. The Labute approximate surface area is 131 Å². The van der Waals surface area contributed by atoms with Crippen LogP contribution in [0.1, 0.15) is 25.3 Å². The predicted molar refractivity (Wildman–Crippen MR) is 79.1 cm³/mol. The van der Waals surface area contributed by atoms with Crippen LogP contribution in [-0.2, 0) is 9.59 Å². The van der Waals surface area contributed by atoms with Crippen molar-refractivity contribution in [2.45, 2.75) is 19.8 Å². The van der Waals surface area contributed by atoms with E-state index in [9.17, 15) is 19.8 Å². The lowest BCUT2D eigenvalue weighted by atomic mass is 9.80. The van der Waals surface area contributed by atoms with Gasteiger partial charge in [-0.3, -0.25) is 0 Å². The first-order valence-corrected chi connectivity index (χ1v) is 6.95.